The maximum absolute atomic E-state index is 5.87. The molecule has 20 heavy (non-hydrogen) atoms. The van der Waals surface area contributed by atoms with Gasteiger partial charge in [-0.1, -0.05) is 32.9 Å². The minimum atomic E-state index is 0.107. The number of nitrogen functional groups attached to an aromatic ring is 1. The number of rotatable bonds is 3. The molecule has 5 nitrogen and oxygen atoms in total. The zero-order valence-electron chi connectivity index (χ0n) is 12.2. The molecular weight excluding hydrogens is 254 g/mol. The topological polar surface area (TPSA) is 70.3 Å². The summed E-state index contributed by atoms with van der Waals surface area (Å²) in [5.41, 5.74) is 7.49. The van der Waals surface area contributed by atoms with E-state index in [9.17, 15) is 0 Å². The van der Waals surface area contributed by atoms with E-state index in [2.05, 4.69) is 30.7 Å². The predicted molar refractivity (Wildman–Crippen MR) is 78.2 cm³/mol. The van der Waals surface area contributed by atoms with Crippen molar-refractivity contribution in [1.82, 2.24) is 9.97 Å². The first-order valence-electron chi connectivity index (χ1n) is 6.34. The molecule has 2 rings (SSSR count). The quantitative estimate of drug-likeness (QED) is 0.930. The van der Waals surface area contributed by atoms with Gasteiger partial charge in [-0.25, -0.2) is 0 Å². The van der Waals surface area contributed by atoms with Crippen LogP contribution in [0.5, 0.6) is 17.5 Å². The minimum absolute atomic E-state index is 0.107. The van der Waals surface area contributed by atoms with Crippen LogP contribution in [0.15, 0.2) is 30.6 Å². The Kier molecular flexibility index (Phi) is 3.79. The number of nitrogens with two attached hydrogens (primary N) is 1. The highest BCUT2D eigenvalue weighted by Crippen LogP contribution is 2.31. The summed E-state index contributed by atoms with van der Waals surface area (Å²) in [6.07, 6.45) is 1.36. The van der Waals surface area contributed by atoms with Crippen molar-refractivity contribution in [2.75, 3.05) is 12.8 Å². The fourth-order valence-electron chi connectivity index (χ4n) is 1.74. The second-order valence-corrected chi connectivity index (χ2v) is 5.48. The molecule has 0 atom stereocenters. The van der Waals surface area contributed by atoms with Crippen molar-refractivity contribution in [2.24, 2.45) is 0 Å². The zero-order chi connectivity index (χ0) is 14.8. The lowest BCUT2D eigenvalue weighted by atomic mass is 9.87. The summed E-state index contributed by atoms with van der Waals surface area (Å²) in [6.45, 7) is 6.49. The van der Waals surface area contributed by atoms with Gasteiger partial charge in [0.25, 0.3) is 0 Å². The van der Waals surface area contributed by atoms with Gasteiger partial charge in [-0.05, 0) is 23.1 Å². The number of anilines is 1. The SMILES string of the molecule is COc1ncnc(Oc2ccc(C(C)(C)C)cc2)c1N. The van der Waals surface area contributed by atoms with Gasteiger partial charge < -0.3 is 15.2 Å². The Morgan fingerprint density at radius 1 is 1.00 bits per heavy atom. The summed E-state index contributed by atoms with van der Waals surface area (Å²) in [5.74, 6) is 1.27. The predicted octanol–water partition coefficient (Wildman–Crippen LogP) is 3.16. The number of nitrogens with zero attached hydrogens (tertiary/aromatic N) is 2. The molecule has 0 fully saturated rings. The van der Waals surface area contributed by atoms with E-state index in [0.717, 1.165) is 0 Å². The van der Waals surface area contributed by atoms with Crippen LogP contribution in [0.4, 0.5) is 5.69 Å². The summed E-state index contributed by atoms with van der Waals surface area (Å²) in [4.78, 5) is 7.92. The van der Waals surface area contributed by atoms with E-state index >= 15 is 0 Å². The molecule has 0 radical (unpaired) electrons. The molecule has 0 saturated carbocycles. The lowest BCUT2D eigenvalue weighted by molar-refractivity contribution is 0.391. The van der Waals surface area contributed by atoms with Crippen LogP contribution < -0.4 is 15.2 Å². The Balaban J connectivity index is 2.23. The van der Waals surface area contributed by atoms with Gasteiger partial charge >= 0.3 is 0 Å². The molecule has 0 aliphatic carbocycles. The third kappa shape index (κ3) is 2.99. The maximum Gasteiger partial charge on any atom is 0.249 e. The van der Waals surface area contributed by atoms with Crippen molar-refractivity contribution in [1.29, 1.82) is 0 Å². The van der Waals surface area contributed by atoms with Crippen LogP contribution in [-0.4, -0.2) is 17.1 Å². The third-order valence-electron chi connectivity index (χ3n) is 2.94. The zero-order valence-corrected chi connectivity index (χ0v) is 12.2. The Morgan fingerprint density at radius 2 is 1.60 bits per heavy atom. The normalized spacial score (nSPS) is 11.2. The van der Waals surface area contributed by atoms with Crippen LogP contribution >= 0.6 is 0 Å². The summed E-state index contributed by atoms with van der Waals surface area (Å²) in [7, 11) is 1.50. The molecule has 1 heterocycles. The average molecular weight is 273 g/mol. The van der Waals surface area contributed by atoms with Crippen molar-refractivity contribution < 1.29 is 9.47 Å². The molecule has 0 spiro atoms. The number of hydrogen-bond acceptors (Lipinski definition) is 5. The summed E-state index contributed by atoms with van der Waals surface area (Å²) < 4.78 is 10.7. The van der Waals surface area contributed by atoms with Crippen molar-refractivity contribution in [2.45, 2.75) is 26.2 Å². The number of ether oxygens (including phenoxy) is 2. The highest BCUT2D eigenvalue weighted by Gasteiger charge is 2.14. The van der Waals surface area contributed by atoms with Crippen LogP contribution in [-0.2, 0) is 5.41 Å². The van der Waals surface area contributed by atoms with Gasteiger partial charge in [-0.2, -0.15) is 9.97 Å². The molecule has 0 bridgehead atoms. The average Bonchev–Trinajstić information content (AvgIpc) is 2.41. The number of methoxy groups -OCH3 is 1. The Bertz CT molecular complexity index is 589. The standard InChI is InChI=1S/C15H19N3O2/c1-15(2,3)10-5-7-11(8-6-10)20-14-12(16)13(19-4)17-9-18-14/h5-9H,16H2,1-4H3. The van der Waals surface area contributed by atoms with Gasteiger partial charge in [0.1, 0.15) is 12.1 Å². The molecule has 106 valence electrons. The molecule has 2 aromatic rings. The third-order valence-corrected chi connectivity index (χ3v) is 2.94. The second-order valence-electron chi connectivity index (χ2n) is 5.48. The Labute approximate surface area is 118 Å². The maximum atomic E-state index is 5.87. The van der Waals surface area contributed by atoms with E-state index in [1.807, 2.05) is 24.3 Å². The minimum Gasteiger partial charge on any atom is -0.479 e. The largest absolute Gasteiger partial charge is 0.479 e. The van der Waals surface area contributed by atoms with E-state index in [0.29, 0.717) is 17.5 Å². The molecule has 5 heteroatoms. The van der Waals surface area contributed by atoms with Crippen LogP contribution in [0.1, 0.15) is 26.3 Å². The highest BCUT2D eigenvalue weighted by atomic mass is 16.5. The molecule has 0 aliphatic heterocycles. The van der Waals surface area contributed by atoms with E-state index in [-0.39, 0.29) is 11.1 Å². The van der Waals surface area contributed by atoms with Crippen LogP contribution in [0, 0.1) is 0 Å². The smallest absolute Gasteiger partial charge is 0.249 e. The van der Waals surface area contributed by atoms with Gasteiger partial charge in [-0.15, -0.1) is 0 Å². The van der Waals surface area contributed by atoms with Crippen molar-refractivity contribution >= 4 is 5.69 Å². The molecule has 0 unspecified atom stereocenters. The first kappa shape index (κ1) is 14.1. The van der Waals surface area contributed by atoms with Gasteiger partial charge in [0.15, 0.2) is 5.69 Å². The molecule has 1 aromatic carbocycles. The van der Waals surface area contributed by atoms with E-state index < -0.39 is 0 Å². The van der Waals surface area contributed by atoms with Crippen LogP contribution in [0.3, 0.4) is 0 Å². The Morgan fingerprint density at radius 3 is 2.15 bits per heavy atom. The van der Waals surface area contributed by atoms with Crippen LogP contribution in [0.25, 0.3) is 0 Å². The summed E-state index contributed by atoms with van der Waals surface area (Å²) in [6, 6.07) is 7.86. The highest BCUT2D eigenvalue weighted by molar-refractivity contribution is 5.56. The van der Waals surface area contributed by atoms with Crippen molar-refractivity contribution in [3.8, 4) is 17.5 Å². The van der Waals surface area contributed by atoms with Crippen LogP contribution in [0.2, 0.25) is 0 Å². The number of aromatic nitrogens is 2. The Hall–Kier alpha value is -2.30. The monoisotopic (exact) mass is 273 g/mol. The lowest BCUT2D eigenvalue weighted by Gasteiger charge is -2.19. The first-order chi connectivity index (χ1) is 9.41. The second kappa shape index (κ2) is 5.36. The fourth-order valence-corrected chi connectivity index (χ4v) is 1.74. The van der Waals surface area contributed by atoms with E-state index in [1.165, 1.54) is 19.0 Å². The van der Waals surface area contributed by atoms with Gasteiger partial charge in [0.05, 0.1) is 7.11 Å². The molecular formula is C15H19N3O2. The van der Waals surface area contributed by atoms with Crippen molar-refractivity contribution in [3.63, 3.8) is 0 Å². The summed E-state index contributed by atoms with van der Waals surface area (Å²) in [5, 5.41) is 0. The molecule has 0 amide bonds. The number of hydrogen-bond donors (Lipinski definition) is 1. The first-order valence-corrected chi connectivity index (χ1v) is 6.34. The summed E-state index contributed by atoms with van der Waals surface area (Å²) >= 11 is 0. The van der Waals surface area contributed by atoms with E-state index in [1.54, 1.807) is 0 Å². The van der Waals surface area contributed by atoms with Gasteiger partial charge in [0.2, 0.25) is 11.8 Å². The molecule has 0 saturated heterocycles. The van der Waals surface area contributed by atoms with Gasteiger partial charge in [0, 0.05) is 0 Å². The van der Waals surface area contributed by atoms with E-state index in [4.69, 9.17) is 15.2 Å². The fraction of sp³-hybridized carbons (Fsp3) is 0.333. The molecule has 2 N–H and O–H groups in total. The van der Waals surface area contributed by atoms with Gasteiger partial charge in [-0.3, -0.25) is 0 Å². The molecule has 0 aliphatic rings. The lowest BCUT2D eigenvalue weighted by Crippen LogP contribution is -2.10. The molecule has 1 aromatic heterocycles. The van der Waals surface area contributed by atoms with Crippen molar-refractivity contribution in [3.05, 3.63) is 36.2 Å². The number of benzene rings is 1.